The molecule has 2 aromatic heterocycles. The highest BCUT2D eigenvalue weighted by molar-refractivity contribution is 7.86. The first-order valence-corrected chi connectivity index (χ1v) is 9.87. The molecule has 3 heterocycles. The zero-order valence-electron chi connectivity index (χ0n) is 14.2. The Labute approximate surface area is 159 Å². The lowest BCUT2D eigenvalue weighted by molar-refractivity contribution is -0.0134. The maximum absolute atomic E-state index is 12.5. The average Bonchev–Trinajstić information content (AvgIpc) is 2.95. The number of aromatic nitrogens is 2. The summed E-state index contributed by atoms with van der Waals surface area (Å²) in [6.45, 7) is 1.08. The number of hydrogen-bond donors (Lipinski definition) is 1. The predicted octanol–water partition coefficient (Wildman–Crippen LogP) is 1.97. The van der Waals surface area contributed by atoms with E-state index in [0.29, 0.717) is 11.0 Å². The van der Waals surface area contributed by atoms with E-state index in [9.17, 15) is 18.3 Å². The normalized spacial score (nSPS) is 18.9. The van der Waals surface area contributed by atoms with Gasteiger partial charge in [0.15, 0.2) is 0 Å². The topological polar surface area (TPSA) is 98.5 Å². The molecule has 1 aromatic carbocycles. The highest BCUT2D eigenvalue weighted by Gasteiger charge is 2.42. The number of aryl methyl sites for hydroxylation is 1. The number of rotatable bonds is 4. The van der Waals surface area contributed by atoms with E-state index in [0.717, 1.165) is 5.56 Å². The third kappa shape index (κ3) is 2.94. The van der Waals surface area contributed by atoms with Gasteiger partial charge in [-0.2, -0.15) is 8.42 Å². The van der Waals surface area contributed by atoms with Crippen molar-refractivity contribution in [2.24, 2.45) is 0 Å². The van der Waals surface area contributed by atoms with Crippen LogP contribution in [0.5, 0.6) is 0 Å². The van der Waals surface area contributed by atoms with Gasteiger partial charge in [0.25, 0.3) is 15.7 Å². The van der Waals surface area contributed by atoms with Crippen LogP contribution in [-0.4, -0.2) is 29.7 Å². The Balaban J connectivity index is 1.72. The lowest BCUT2D eigenvalue weighted by atomic mass is 9.97. The van der Waals surface area contributed by atoms with Crippen LogP contribution in [0.4, 0.5) is 0 Å². The van der Waals surface area contributed by atoms with Crippen LogP contribution in [0.25, 0.3) is 11.0 Å². The van der Waals surface area contributed by atoms with E-state index in [1.54, 1.807) is 12.1 Å². The quantitative estimate of drug-likeness (QED) is 0.665. The summed E-state index contributed by atoms with van der Waals surface area (Å²) in [6, 6.07) is 9.03. The van der Waals surface area contributed by atoms with Crippen LogP contribution in [0.15, 0.2) is 52.3 Å². The second-order valence-corrected chi connectivity index (χ2v) is 8.56. The molecule has 9 heteroatoms. The maximum Gasteiger partial charge on any atom is 0.297 e. The van der Waals surface area contributed by atoms with Crippen LogP contribution in [-0.2, 0) is 26.4 Å². The molecule has 27 heavy (non-hydrogen) atoms. The van der Waals surface area contributed by atoms with Crippen LogP contribution >= 0.6 is 11.6 Å². The monoisotopic (exact) mass is 406 g/mol. The van der Waals surface area contributed by atoms with Crippen molar-refractivity contribution < 1.29 is 17.7 Å². The highest BCUT2D eigenvalue weighted by Crippen LogP contribution is 2.40. The zero-order valence-corrected chi connectivity index (χ0v) is 15.8. The minimum Gasteiger partial charge on any atom is -0.381 e. The summed E-state index contributed by atoms with van der Waals surface area (Å²) in [7, 11) is -4.09. The van der Waals surface area contributed by atoms with Gasteiger partial charge in [0, 0.05) is 17.8 Å². The molecule has 4 rings (SSSR count). The van der Waals surface area contributed by atoms with Gasteiger partial charge in [-0.25, -0.2) is 0 Å². The van der Waals surface area contributed by atoms with Gasteiger partial charge in [-0.1, -0.05) is 29.3 Å². The summed E-state index contributed by atoms with van der Waals surface area (Å²) >= 11 is 6.21. The van der Waals surface area contributed by atoms with Crippen molar-refractivity contribution in [1.29, 1.82) is 0 Å². The highest BCUT2D eigenvalue weighted by atomic mass is 35.5. The van der Waals surface area contributed by atoms with E-state index in [-0.39, 0.29) is 27.6 Å². The molecule has 1 aliphatic heterocycles. The largest absolute Gasteiger partial charge is 0.381 e. The number of halogens is 1. The smallest absolute Gasteiger partial charge is 0.297 e. The lowest BCUT2D eigenvalue weighted by Gasteiger charge is -2.23. The predicted molar refractivity (Wildman–Crippen MR) is 99.2 cm³/mol. The molecule has 1 unspecified atom stereocenters. The molecule has 1 atom stereocenters. The Bertz CT molecular complexity index is 1220. The van der Waals surface area contributed by atoms with E-state index in [1.165, 1.54) is 35.0 Å². The first-order chi connectivity index (χ1) is 12.7. The third-order valence-corrected chi connectivity index (χ3v) is 6.17. The summed E-state index contributed by atoms with van der Waals surface area (Å²) < 4.78 is 31.4. The summed E-state index contributed by atoms with van der Waals surface area (Å²) in [5, 5.41) is 11.3. The fourth-order valence-corrected chi connectivity index (χ4v) is 4.51. The van der Waals surface area contributed by atoms with Gasteiger partial charge in [-0.05, 0) is 25.1 Å². The summed E-state index contributed by atoms with van der Waals surface area (Å²) in [6.07, 6.45) is 1.36. The Morgan fingerprint density at radius 3 is 2.67 bits per heavy atom. The second-order valence-electron chi connectivity index (χ2n) is 6.53. The molecule has 140 valence electrons. The van der Waals surface area contributed by atoms with Gasteiger partial charge in [0.2, 0.25) is 0 Å². The Hall–Kier alpha value is -2.26. The lowest BCUT2D eigenvalue weighted by Crippen LogP contribution is -2.35. The molecule has 0 spiro atoms. The molecule has 0 bridgehead atoms. The summed E-state index contributed by atoms with van der Waals surface area (Å²) in [4.78, 5) is 16.3. The van der Waals surface area contributed by atoms with Crippen molar-refractivity contribution in [1.82, 2.24) is 9.55 Å². The molecule has 0 saturated heterocycles. The van der Waals surface area contributed by atoms with Crippen molar-refractivity contribution in [3.63, 3.8) is 0 Å². The van der Waals surface area contributed by atoms with E-state index >= 15 is 0 Å². The minimum atomic E-state index is -4.09. The van der Waals surface area contributed by atoms with E-state index in [2.05, 4.69) is 4.98 Å². The molecule has 0 aliphatic carbocycles. The van der Waals surface area contributed by atoms with Crippen LogP contribution in [0.2, 0.25) is 5.02 Å². The van der Waals surface area contributed by atoms with Gasteiger partial charge >= 0.3 is 0 Å². The van der Waals surface area contributed by atoms with Crippen molar-refractivity contribution in [3.8, 4) is 0 Å². The van der Waals surface area contributed by atoms with Crippen molar-refractivity contribution in [3.05, 3.63) is 69.1 Å². The third-order valence-electron chi connectivity index (χ3n) is 4.60. The first-order valence-electron chi connectivity index (χ1n) is 8.08. The van der Waals surface area contributed by atoms with E-state index in [4.69, 9.17) is 15.8 Å². The molecule has 0 radical (unpaired) electrons. The molecule has 3 aromatic rings. The number of hydrogen-bond acceptors (Lipinski definition) is 6. The summed E-state index contributed by atoms with van der Waals surface area (Å²) in [5.41, 5.74) is -0.107. The van der Waals surface area contributed by atoms with Crippen molar-refractivity contribution in [2.75, 3.05) is 6.61 Å². The molecular weight excluding hydrogens is 392 g/mol. The van der Waals surface area contributed by atoms with Crippen LogP contribution < -0.4 is 5.56 Å². The van der Waals surface area contributed by atoms with Gasteiger partial charge in [0.1, 0.15) is 12.2 Å². The minimum absolute atomic E-state index is 0.0182. The molecular formula is C18H15ClN2O5S. The average molecular weight is 407 g/mol. The fraction of sp³-hybridized carbons (Fsp3) is 0.222. The van der Waals surface area contributed by atoms with Gasteiger partial charge in [0.05, 0.1) is 27.5 Å². The van der Waals surface area contributed by atoms with Gasteiger partial charge < -0.3 is 9.67 Å². The molecule has 0 saturated carbocycles. The standard InChI is InChI=1S/C18H15ClN2O5S/c1-11-2-4-12(5-3-11)27(24,25)26-10-18(23)9-21-15(22)7-6-14-17(21)16(18)13(19)8-20-14/h2-8,23H,9-10H2,1H3. The van der Waals surface area contributed by atoms with Crippen molar-refractivity contribution >= 4 is 32.8 Å². The van der Waals surface area contributed by atoms with Crippen LogP contribution in [0.3, 0.4) is 0 Å². The van der Waals surface area contributed by atoms with Crippen LogP contribution in [0, 0.1) is 6.92 Å². The second kappa shape index (κ2) is 6.13. The SMILES string of the molecule is Cc1ccc(S(=O)(=O)OCC2(O)Cn3c(=O)ccc4ncc(Cl)c2c43)cc1. The molecule has 0 fully saturated rings. The number of nitrogens with zero attached hydrogens (tertiary/aromatic N) is 2. The maximum atomic E-state index is 12.5. The summed E-state index contributed by atoms with van der Waals surface area (Å²) in [5.74, 6) is 0. The first kappa shape index (κ1) is 18.1. The van der Waals surface area contributed by atoms with Gasteiger partial charge in [-0.3, -0.25) is 14.0 Å². The van der Waals surface area contributed by atoms with Crippen molar-refractivity contribution in [2.45, 2.75) is 24.0 Å². The molecule has 7 nitrogen and oxygen atoms in total. The van der Waals surface area contributed by atoms with Crippen LogP contribution in [0.1, 0.15) is 11.1 Å². The zero-order chi connectivity index (χ0) is 19.4. The molecule has 0 amide bonds. The van der Waals surface area contributed by atoms with E-state index in [1.807, 2.05) is 6.92 Å². The number of benzene rings is 1. The Morgan fingerprint density at radius 2 is 1.96 bits per heavy atom. The van der Waals surface area contributed by atoms with Gasteiger partial charge in [-0.15, -0.1) is 0 Å². The van der Waals surface area contributed by atoms with E-state index < -0.39 is 22.3 Å². The molecule has 1 N–H and O–H groups in total. The molecule has 1 aliphatic rings. The Morgan fingerprint density at radius 1 is 1.26 bits per heavy atom. The number of pyridine rings is 2. The number of aliphatic hydroxyl groups is 1. The fourth-order valence-electron chi connectivity index (χ4n) is 3.24. The Kier molecular flexibility index (Phi) is 4.12.